The molecule has 0 atom stereocenters. The zero-order chi connectivity index (χ0) is 13.8. The molecule has 7 heteroatoms. The van der Waals surface area contributed by atoms with Gasteiger partial charge >= 0.3 is 0 Å². The largest absolute Gasteiger partial charge is 0.272 e. The van der Waals surface area contributed by atoms with E-state index in [2.05, 4.69) is 0 Å². The van der Waals surface area contributed by atoms with Gasteiger partial charge in [0.15, 0.2) is 23.3 Å². The van der Waals surface area contributed by atoms with E-state index in [0.717, 1.165) is 0 Å². The first-order valence-electron chi connectivity index (χ1n) is 5.02. The summed E-state index contributed by atoms with van der Waals surface area (Å²) in [6.45, 7) is 2.87. The summed E-state index contributed by atoms with van der Waals surface area (Å²) in [6.07, 6.45) is 0. The number of nitrogens with zero attached hydrogens (tertiary/aromatic N) is 1. The van der Waals surface area contributed by atoms with Crippen LogP contribution in [0.25, 0.3) is 0 Å². The van der Waals surface area contributed by atoms with Gasteiger partial charge in [0.2, 0.25) is 0 Å². The summed E-state index contributed by atoms with van der Waals surface area (Å²) in [4.78, 5) is 23.9. The fourth-order valence-electron chi connectivity index (χ4n) is 1.84. The Kier molecular flexibility index (Phi) is 2.64. The Labute approximate surface area is 99.0 Å². The molecule has 2 amide bonds. The van der Waals surface area contributed by atoms with Crippen LogP contribution in [-0.2, 0) is 0 Å². The van der Waals surface area contributed by atoms with E-state index in [1.54, 1.807) is 0 Å². The van der Waals surface area contributed by atoms with Crippen molar-refractivity contribution >= 4 is 11.8 Å². The molecule has 2 rings (SSSR count). The Bertz CT molecular complexity index is 536. The highest BCUT2D eigenvalue weighted by Gasteiger charge is 2.44. The van der Waals surface area contributed by atoms with Crippen molar-refractivity contribution in [3.8, 4) is 0 Å². The molecule has 0 N–H and O–H groups in total. The van der Waals surface area contributed by atoms with Crippen LogP contribution in [0.5, 0.6) is 0 Å². The van der Waals surface area contributed by atoms with Gasteiger partial charge in [-0.05, 0) is 13.8 Å². The van der Waals surface area contributed by atoms with Gasteiger partial charge in [-0.2, -0.15) is 0 Å². The smallest absolute Gasteiger partial charge is 0.264 e. The van der Waals surface area contributed by atoms with E-state index in [4.69, 9.17) is 0 Å². The molecule has 1 aromatic carbocycles. The van der Waals surface area contributed by atoms with Crippen LogP contribution in [0.2, 0.25) is 0 Å². The Morgan fingerprint density at radius 1 is 0.778 bits per heavy atom. The summed E-state index contributed by atoms with van der Waals surface area (Å²) in [7, 11) is 0. The molecule has 0 saturated carbocycles. The van der Waals surface area contributed by atoms with Crippen molar-refractivity contribution in [2.75, 3.05) is 0 Å². The number of hydrogen-bond donors (Lipinski definition) is 0. The fourth-order valence-corrected chi connectivity index (χ4v) is 1.84. The van der Waals surface area contributed by atoms with Gasteiger partial charge in [-0.25, -0.2) is 17.6 Å². The van der Waals surface area contributed by atoms with Crippen molar-refractivity contribution in [1.82, 2.24) is 4.90 Å². The summed E-state index contributed by atoms with van der Waals surface area (Å²) in [5.74, 6) is -10.2. The molecular formula is C11H7F4NO2. The lowest BCUT2D eigenvalue weighted by Gasteiger charge is -2.17. The third kappa shape index (κ3) is 1.36. The van der Waals surface area contributed by atoms with Crippen LogP contribution in [0, 0.1) is 23.3 Å². The highest BCUT2D eigenvalue weighted by atomic mass is 19.2. The fraction of sp³-hybridized carbons (Fsp3) is 0.273. The third-order valence-corrected chi connectivity index (χ3v) is 2.65. The lowest BCUT2D eigenvalue weighted by atomic mass is 10.1. The first-order chi connectivity index (χ1) is 8.29. The minimum atomic E-state index is -2.10. The van der Waals surface area contributed by atoms with Crippen molar-refractivity contribution in [2.45, 2.75) is 19.9 Å². The van der Waals surface area contributed by atoms with Crippen molar-refractivity contribution in [2.24, 2.45) is 0 Å². The van der Waals surface area contributed by atoms with Crippen LogP contribution in [0.1, 0.15) is 34.6 Å². The summed E-state index contributed by atoms with van der Waals surface area (Å²) >= 11 is 0. The second kappa shape index (κ2) is 3.79. The number of carbonyl (C=O) groups is 2. The van der Waals surface area contributed by atoms with Gasteiger partial charge < -0.3 is 0 Å². The van der Waals surface area contributed by atoms with E-state index in [0.29, 0.717) is 4.90 Å². The molecule has 0 fully saturated rings. The zero-order valence-corrected chi connectivity index (χ0v) is 9.35. The van der Waals surface area contributed by atoms with Gasteiger partial charge in [0, 0.05) is 6.04 Å². The van der Waals surface area contributed by atoms with Gasteiger partial charge in [-0.1, -0.05) is 0 Å². The molecule has 0 saturated heterocycles. The second-order valence-electron chi connectivity index (χ2n) is 4.08. The van der Waals surface area contributed by atoms with Crippen LogP contribution >= 0.6 is 0 Å². The van der Waals surface area contributed by atoms with Crippen LogP contribution in [0.4, 0.5) is 17.6 Å². The second-order valence-corrected chi connectivity index (χ2v) is 4.08. The average molecular weight is 261 g/mol. The molecular weight excluding hydrogens is 254 g/mol. The van der Waals surface area contributed by atoms with E-state index in [1.807, 2.05) is 0 Å². The Morgan fingerprint density at radius 3 is 1.39 bits per heavy atom. The Balaban J connectivity index is 2.80. The first kappa shape index (κ1) is 12.5. The average Bonchev–Trinajstić information content (AvgIpc) is 2.55. The van der Waals surface area contributed by atoms with Crippen LogP contribution < -0.4 is 0 Å². The van der Waals surface area contributed by atoms with Crippen molar-refractivity contribution in [3.05, 3.63) is 34.4 Å². The van der Waals surface area contributed by atoms with Crippen LogP contribution in [0.15, 0.2) is 0 Å². The monoisotopic (exact) mass is 261 g/mol. The molecule has 96 valence electrons. The normalized spacial score (nSPS) is 14.7. The molecule has 1 heterocycles. The summed E-state index contributed by atoms with van der Waals surface area (Å²) in [5, 5.41) is 0. The number of hydrogen-bond acceptors (Lipinski definition) is 2. The molecule has 1 aliphatic rings. The standard InChI is InChI=1S/C11H7F4NO2/c1-3(2)16-10(17)4-5(11(16)18)7(13)9(15)8(14)6(4)12/h3H,1-2H3. The van der Waals surface area contributed by atoms with E-state index >= 15 is 0 Å². The summed E-state index contributed by atoms with van der Waals surface area (Å²) in [6, 6.07) is -0.678. The summed E-state index contributed by atoms with van der Waals surface area (Å²) in [5.41, 5.74) is -2.10. The maximum Gasteiger partial charge on any atom is 0.264 e. The van der Waals surface area contributed by atoms with Crippen LogP contribution in [-0.4, -0.2) is 22.8 Å². The number of benzene rings is 1. The minimum Gasteiger partial charge on any atom is -0.272 e. The SMILES string of the molecule is CC(C)N1C(=O)c2c(F)c(F)c(F)c(F)c2C1=O. The van der Waals surface area contributed by atoms with Crippen molar-refractivity contribution < 1.29 is 27.2 Å². The maximum atomic E-state index is 13.4. The molecule has 0 bridgehead atoms. The first-order valence-corrected chi connectivity index (χ1v) is 5.02. The van der Waals surface area contributed by atoms with E-state index in [9.17, 15) is 27.2 Å². The van der Waals surface area contributed by atoms with Gasteiger partial charge in [0.25, 0.3) is 11.8 Å². The zero-order valence-electron chi connectivity index (χ0n) is 9.35. The van der Waals surface area contributed by atoms with E-state index < -0.39 is 52.3 Å². The van der Waals surface area contributed by atoms with Gasteiger partial charge in [0.1, 0.15) is 0 Å². The van der Waals surface area contributed by atoms with Crippen molar-refractivity contribution in [3.63, 3.8) is 0 Å². The maximum absolute atomic E-state index is 13.4. The Hall–Kier alpha value is -1.92. The van der Waals surface area contributed by atoms with E-state index in [-0.39, 0.29) is 0 Å². The lowest BCUT2D eigenvalue weighted by Crippen LogP contribution is -2.36. The van der Waals surface area contributed by atoms with Gasteiger partial charge in [-0.3, -0.25) is 14.5 Å². The number of rotatable bonds is 1. The van der Waals surface area contributed by atoms with Gasteiger partial charge in [0.05, 0.1) is 11.1 Å². The topological polar surface area (TPSA) is 37.4 Å². The Morgan fingerprint density at radius 2 is 1.11 bits per heavy atom. The number of imide groups is 1. The lowest BCUT2D eigenvalue weighted by molar-refractivity contribution is 0.0606. The molecule has 0 unspecified atom stereocenters. The third-order valence-electron chi connectivity index (χ3n) is 2.65. The van der Waals surface area contributed by atoms with Gasteiger partial charge in [-0.15, -0.1) is 0 Å². The van der Waals surface area contributed by atoms with Crippen molar-refractivity contribution in [1.29, 1.82) is 0 Å². The molecule has 0 aromatic heterocycles. The predicted molar refractivity (Wildman–Crippen MR) is 51.9 cm³/mol. The highest BCUT2D eigenvalue weighted by molar-refractivity contribution is 6.21. The molecule has 1 aliphatic heterocycles. The summed E-state index contributed by atoms with van der Waals surface area (Å²) < 4.78 is 52.9. The molecule has 0 radical (unpaired) electrons. The number of halogens is 4. The number of amides is 2. The highest BCUT2D eigenvalue weighted by Crippen LogP contribution is 2.32. The molecule has 0 spiro atoms. The molecule has 0 aliphatic carbocycles. The number of fused-ring (bicyclic) bond motifs is 1. The van der Waals surface area contributed by atoms with E-state index in [1.165, 1.54) is 13.8 Å². The quantitative estimate of drug-likeness (QED) is 0.336. The minimum absolute atomic E-state index is 0.551. The predicted octanol–water partition coefficient (Wildman–Crippen LogP) is 2.25. The van der Waals surface area contributed by atoms with Crippen LogP contribution in [0.3, 0.4) is 0 Å². The molecule has 1 aromatic rings. The molecule has 18 heavy (non-hydrogen) atoms. The number of carbonyl (C=O) groups excluding carboxylic acids is 2. The molecule has 3 nitrogen and oxygen atoms in total.